The molecule has 0 unspecified atom stereocenters. The van der Waals surface area contributed by atoms with E-state index in [0.717, 1.165) is 0 Å². The van der Waals surface area contributed by atoms with Gasteiger partial charge in [0.1, 0.15) is 0 Å². The van der Waals surface area contributed by atoms with Crippen molar-refractivity contribution in [2.45, 2.75) is 93.7 Å². The molecule has 0 aromatic heterocycles. The fourth-order valence-corrected chi connectivity index (χ4v) is 13.4. The van der Waals surface area contributed by atoms with E-state index in [1.807, 2.05) is 21.6 Å². The van der Waals surface area contributed by atoms with Crippen LogP contribution in [-0.4, -0.2) is 13.8 Å². The Morgan fingerprint density at radius 1 is 0.536 bits per heavy atom. The van der Waals surface area contributed by atoms with Crippen LogP contribution in [0.2, 0.25) is 0 Å². The second kappa shape index (κ2) is 9.43. The third kappa shape index (κ3) is 4.52. The minimum absolute atomic E-state index is 0.391. The van der Waals surface area contributed by atoms with Gasteiger partial charge >= 0.3 is 190 Å². The van der Waals surface area contributed by atoms with Crippen LogP contribution in [-0.2, 0) is 0 Å². The van der Waals surface area contributed by atoms with Gasteiger partial charge in [-0.1, -0.05) is 0 Å². The van der Waals surface area contributed by atoms with Gasteiger partial charge in [-0.2, -0.15) is 0 Å². The summed E-state index contributed by atoms with van der Waals surface area (Å²) in [6, 6.07) is 9.58. The molecule has 2 aromatic carbocycles. The Hall–Kier alpha value is 0.00948. The Bertz CT molecular complexity index is 712. The molecule has 1 heterocycles. The van der Waals surface area contributed by atoms with Crippen molar-refractivity contribution in [2.24, 2.45) is 0 Å². The Morgan fingerprint density at radius 2 is 0.929 bits per heavy atom. The van der Waals surface area contributed by atoms with Gasteiger partial charge in [-0.05, 0) is 0 Å². The topological polar surface area (TPSA) is 0 Å². The van der Waals surface area contributed by atoms with Crippen LogP contribution >= 0.6 is 31.8 Å². The van der Waals surface area contributed by atoms with Crippen LogP contribution in [0.1, 0.15) is 101 Å². The van der Waals surface area contributed by atoms with Crippen LogP contribution in [0.5, 0.6) is 0 Å². The van der Waals surface area contributed by atoms with E-state index in [2.05, 4.69) is 89.8 Å². The molecule has 2 aromatic rings. The molecule has 3 rings (SSSR count). The Kier molecular flexibility index (Phi) is 7.64. The van der Waals surface area contributed by atoms with Gasteiger partial charge < -0.3 is 0 Å². The summed E-state index contributed by atoms with van der Waals surface area (Å²) in [5.41, 5.74) is 6.10. The molecule has 1 aliphatic rings. The van der Waals surface area contributed by atoms with Crippen molar-refractivity contribution in [2.75, 3.05) is 0 Å². The first-order valence-corrected chi connectivity index (χ1v) is 16.1. The van der Waals surface area contributed by atoms with E-state index >= 15 is 0 Å². The van der Waals surface area contributed by atoms with Crippen molar-refractivity contribution >= 4 is 50.1 Å². The summed E-state index contributed by atoms with van der Waals surface area (Å²) in [5, 5.41) is 0. The summed E-state index contributed by atoms with van der Waals surface area (Å²) in [6.07, 6.45) is 0. The summed E-state index contributed by atoms with van der Waals surface area (Å²) in [7, 11) is 6.17. The molecule has 0 spiro atoms. The monoisotopic (exact) mass is 496 g/mol. The number of rotatable bonds is 4. The van der Waals surface area contributed by atoms with Crippen LogP contribution < -0.4 is 4.46 Å². The van der Waals surface area contributed by atoms with Gasteiger partial charge in [0.15, 0.2) is 0 Å². The maximum absolute atomic E-state index is 2.41. The molecule has 0 bridgehead atoms. The minimum atomic E-state index is 0.391. The molecule has 0 fully saturated rings. The number of hydrogen-bond donors (Lipinski definition) is 0. The van der Waals surface area contributed by atoms with Crippen molar-refractivity contribution in [1.29, 1.82) is 0 Å². The molecule has 1 aliphatic heterocycles. The van der Waals surface area contributed by atoms with Gasteiger partial charge in [0.2, 0.25) is 0 Å². The first-order chi connectivity index (χ1) is 13.2. The van der Waals surface area contributed by atoms with Gasteiger partial charge in [0.05, 0.1) is 0 Å². The van der Waals surface area contributed by atoms with E-state index < -0.39 is 0 Å². The summed E-state index contributed by atoms with van der Waals surface area (Å²) in [4.78, 5) is 4.62. The Balaban J connectivity index is 2.17. The zero-order valence-corrected chi connectivity index (χ0v) is 22.4. The SMILES string of the molecule is CC(C)c1ccc(C(C)C)c2c1SSc1c(C(C)C)ccc(C(C)C)c1[Se]S2. The van der Waals surface area contributed by atoms with E-state index in [-0.39, 0.29) is 0 Å². The third-order valence-electron chi connectivity index (χ3n) is 5.25. The maximum atomic E-state index is 2.41. The first-order valence-electron chi connectivity index (χ1n) is 10.2. The first kappa shape index (κ1) is 22.7. The predicted octanol–water partition coefficient (Wildman–Crippen LogP) is 8.33. The second-order valence-corrected chi connectivity index (χ2v) is 14.6. The van der Waals surface area contributed by atoms with Crippen molar-refractivity contribution in [3.63, 3.8) is 0 Å². The van der Waals surface area contributed by atoms with E-state index in [1.165, 1.54) is 21.6 Å². The van der Waals surface area contributed by atoms with E-state index in [4.69, 9.17) is 0 Å². The van der Waals surface area contributed by atoms with Crippen LogP contribution in [0.4, 0.5) is 0 Å². The average molecular weight is 496 g/mol. The van der Waals surface area contributed by atoms with Gasteiger partial charge in [0.25, 0.3) is 0 Å². The molecule has 28 heavy (non-hydrogen) atoms. The fraction of sp³-hybridized carbons (Fsp3) is 0.500. The van der Waals surface area contributed by atoms with Gasteiger partial charge in [0, 0.05) is 0 Å². The summed E-state index contributed by atoms with van der Waals surface area (Å²) in [5.74, 6) is 2.26. The number of hydrogen-bond acceptors (Lipinski definition) is 3. The summed E-state index contributed by atoms with van der Waals surface area (Å²) < 4.78 is 1.63. The molecule has 152 valence electrons. The summed E-state index contributed by atoms with van der Waals surface area (Å²) >= 11 is 0.391. The van der Waals surface area contributed by atoms with E-state index in [9.17, 15) is 0 Å². The van der Waals surface area contributed by atoms with Crippen LogP contribution in [0.3, 0.4) is 0 Å². The molecule has 0 nitrogen and oxygen atoms in total. The predicted molar refractivity (Wildman–Crippen MR) is 132 cm³/mol. The number of fused-ring (bicyclic) bond motifs is 2. The second-order valence-electron chi connectivity index (χ2n) is 8.76. The molecule has 4 heteroatoms. The normalized spacial score (nSPS) is 14.4. The van der Waals surface area contributed by atoms with Gasteiger partial charge in [-0.25, -0.2) is 0 Å². The standard InChI is InChI=1S/C24H32S3Se/c1-13(2)17-9-10-18(14(3)4)22-21(17)25-26-23-19(15(5)6)11-12-20(16(7)8)24(23)28-27-22/h9-16H,1-8H3. The quantitative estimate of drug-likeness (QED) is 0.309. The molecule has 0 saturated carbocycles. The Labute approximate surface area is 189 Å². The zero-order valence-electron chi connectivity index (χ0n) is 18.3. The molecular formula is C24H32S3Se. The molecule has 0 saturated heterocycles. The molecule has 0 aliphatic carbocycles. The van der Waals surface area contributed by atoms with Crippen LogP contribution in [0.15, 0.2) is 39.0 Å². The van der Waals surface area contributed by atoms with Crippen molar-refractivity contribution in [1.82, 2.24) is 0 Å². The van der Waals surface area contributed by atoms with Crippen molar-refractivity contribution in [3.05, 3.63) is 46.5 Å². The van der Waals surface area contributed by atoms with Gasteiger partial charge in [-0.15, -0.1) is 0 Å². The van der Waals surface area contributed by atoms with Crippen molar-refractivity contribution < 1.29 is 0 Å². The molecule has 0 amide bonds. The zero-order chi connectivity index (χ0) is 20.6. The van der Waals surface area contributed by atoms with Crippen LogP contribution in [0, 0.1) is 0 Å². The fourth-order valence-electron chi connectivity index (χ4n) is 3.52. The molecule has 0 radical (unpaired) electrons. The van der Waals surface area contributed by atoms with Crippen molar-refractivity contribution in [3.8, 4) is 0 Å². The molecule has 0 atom stereocenters. The third-order valence-corrected chi connectivity index (χ3v) is 12.6. The summed E-state index contributed by atoms with van der Waals surface area (Å²) in [6.45, 7) is 18.7. The van der Waals surface area contributed by atoms with Crippen LogP contribution in [0.25, 0.3) is 0 Å². The van der Waals surface area contributed by atoms with Gasteiger partial charge in [-0.3, -0.25) is 0 Å². The van der Waals surface area contributed by atoms with E-state index in [1.54, 1.807) is 19.8 Å². The van der Waals surface area contributed by atoms with E-state index in [0.29, 0.717) is 37.5 Å². The average Bonchev–Trinajstić information content (AvgIpc) is 2.60. The molecule has 0 N–H and O–H groups in total. The molecular weight excluding hydrogens is 463 g/mol. The Morgan fingerprint density at radius 3 is 1.43 bits per heavy atom. The number of benzene rings is 2.